The zero-order chi connectivity index (χ0) is 20.4. The molecule has 1 aliphatic heterocycles. The second-order valence-electron chi connectivity index (χ2n) is 9.05. The van der Waals surface area contributed by atoms with Crippen molar-refractivity contribution in [1.82, 2.24) is 9.47 Å². The van der Waals surface area contributed by atoms with Gasteiger partial charge in [0, 0.05) is 24.4 Å². The molecule has 2 heterocycles. The summed E-state index contributed by atoms with van der Waals surface area (Å²) >= 11 is 0. The molecule has 0 bridgehead atoms. The van der Waals surface area contributed by atoms with Crippen molar-refractivity contribution in [2.24, 2.45) is 12.5 Å². The van der Waals surface area contributed by atoms with Crippen LogP contribution < -0.4 is 0 Å². The number of hydrogen-bond acceptors (Lipinski definition) is 3. The van der Waals surface area contributed by atoms with Crippen LogP contribution in [-0.4, -0.2) is 33.9 Å². The third-order valence-electron chi connectivity index (χ3n) is 5.48. The van der Waals surface area contributed by atoms with E-state index < -0.39 is 5.54 Å². The van der Waals surface area contributed by atoms with Crippen molar-refractivity contribution in [1.29, 1.82) is 0 Å². The lowest BCUT2D eigenvalue weighted by Crippen LogP contribution is -2.53. The van der Waals surface area contributed by atoms with Gasteiger partial charge in [0.25, 0.3) is 0 Å². The van der Waals surface area contributed by atoms with Gasteiger partial charge in [-0.15, -0.1) is 0 Å². The Morgan fingerprint density at radius 2 is 1.93 bits per heavy atom. The topological polar surface area (TPSA) is 43.7 Å². The summed E-state index contributed by atoms with van der Waals surface area (Å²) in [5, 5.41) is 0. The molecule has 5 nitrogen and oxygen atoms in total. The monoisotopic (exact) mass is 384 g/mol. The molecule has 28 heavy (non-hydrogen) atoms. The average Bonchev–Trinajstić information content (AvgIpc) is 3.22. The first kappa shape index (κ1) is 20.5. The summed E-state index contributed by atoms with van der Waals surface area (Å²) in [4.78, 5) is 15.0. The van der Waals surface area contributed by atoms with Gasteiger partial charge in [0.2, 0.25) is 0 Å². The fourth-order valence-electron chi connectivity index (χ4n) is 3.77. The van der Waals surface area contributed by atoms with E-state index in [2.05, 4.69) is 38.3 Å². The van der Waals surface area contributed by atoms with Crippen LogP contribution in [0.5, 0.6) is 0 Å². The molecule has 0 N–H and O–H groups in total. The highest BCUT2D eigenvalue weighted by molar-refractivity contribution is 5.69. The lowest BCUT2D eigenvalue weighted by atomic mass is 9.89. The third kappa shape index (κ3) is 4.41. The minimum absolute atomic E-state index is 0.200. The molecule has 1 amide bonds. The van der Waals surface area contributed by atoms with Gasteiger partial charge in [-0.05, 0) is 37.5 Å². The van der Waals surface area contributed by atoms with E-state index in [4.69, 9.17) is 9.47 Å². The lowest BCUT2D eigenvalue weighted by Gasteiger charge is -2.40. The molecule has 0 saturated carbocycles. The number of amides is 1. The molecular formula is C23H32N2O3. The van der Waals surface area contributed by atoms with Gasteiger partial charge in [0.1, 0.15) is 12.8 Å². The van der Waals surface area contributed by atoms with E-state index in [0.29, 0.717) is 6.61 Å². The Morgan fingerprint density at radius 1 is 1.21 bits per heavy atom. The summed E-state index contributed by atoms with van der Waals surface area (Å²) < 4.78 is 14.0. The van der Waals surface area contributed by atoms with E-state index in [9.17, 15) is 4.79 Å². The molecule has 1 aromatic heterocycles. The molecule has 0 aliphatic carbocycles. The normalized spacial score (nSPS) is 22.5. The van der Waals surface area contributed by atoms with Gasteiger partial charge in [-0.1, -0.05) is 51.1 Å². The minimum atomic E-state index is -0.407. The molecule has 152 valence electrons. The Labute approximate surface area is 168 Å². The number of carbonyl (C=O) groups is 1. The number of rotatable bonds is 5. The number of benzene rings is 1. The van der Waals surface area contributed by atoms with Crippen molar-refractivity contribution in [3.8, 4) is 0 Å². The Bertz CT molecular complexity index is 794. The molecule has 1 fully saturated rings. The van der Waals surface area contributed by atoms with Gasteiger partial charge in [0.05, 0.1) is 12.1 Å². The minimum Gasteiger partial charge on any atom is -0.444 e. The average molecular weight is 385 g/mol. The maximum Gasteiger partial charge on any atom is 0.412 e. The second kappa shape index (κ2) is 8.00. The fourth-order valence-corrected chi connectivity index (χ4v) is 3.77. The van der Waals surface area contributed by atoms with Crippen LogP contribution in [0.2, 0.25) is 0 Å². The molecule has 2 unspecified atom stereocenters. The standard InChI is InChI=1S/C23H32N2O3/c1-22(2,3)20-25(21(26)27-16-18-10-7-6-8-11-18)23(4,17-28-20)14-13-19-12-9-15-24(19)5/h6-12,15,20H,13-14,16-17H2,1-5H3. The molecule has 1 aliphatic rings. The Hall–Kier alpha value is -2.27. The van der Waals surface area contributed by atoms with Crippen molar-refractivity contribution in [2.75, 3.05) is 6.61 Å². The van der Waals surface area contributed by atoms with Crippen LogP contribution in [0.3, 0.4) is 0 Å². The van der Waals surface area contributed by atoms with Crippen LogP contribution in [0.4, 0.5) is 4.79 Å². The molecule has 1 aromatic carbocycles. The van der Waals surface area contributed by atoms with Gasteiger partial charge in [-0.25, -0.2) is 4.79 Å². The molecule has 0 spiro atoms. The second-order valence-corrected chi connectivity index (χ2v) is 9.05. The van der Waals surface area contributed by atoms with Gasteiger partial charge < -0.3 is 14.0 Å². The third-order valence-corrected chi connectivity index (χ3v) is 5.48. The predicted octanol–water partition coefficient (Wildman–Crippen LogP) is 4.76. The highest BCUT2D eigenvalue weighted by atomic mass is 16.6. The van der Waals surface area contributed by atoms with Crippen LogP contribution in [0.15, 0.2) is 48.7 Å². The van der Waals surface area contributed by atoms with Crippen molar-refractivity contribution in [3.05, 3.63) is 59.9 Å². The number of ether oxygens (including phenoxy) is 2. The SMILES string of the molecule is Cn1cccc1CCC1(C)COC(C(C)(C)C)N1C(=O)OCc1ccccc1. The molecular weight excluding hydrogens is 352 g/mol. The highest BCUT2D eigenvalue weighted by Crippen LogP contribution is 2.39. The van der Waals surface area contributed by atoms with Crippen LogP contribution >= 0.6 is 0 Å². The van der Waals surface area contributed by atoms with Gasteiger partial charge in [0.15, 0.2) is 0 Å². The summed E-state index contributed by atoms with van der Waals surface area (Å²) in [6, 6.07) is 13.9. The van der Waals surface area contributed by atoms with E-state index >= 15 is 0 Å². The smallest absolute Gasteiger partial charge is 0.412 e. The number of hydrogen-bond donors (Lipinski definition) is 0. The number of aromatic nitrogens is 1. The van der Waals surface area contributed by atoms with Gasteiger partial charge >= 0.3 is 6.09 Å². The molecule has 1 saturated heterocycles. The van der Waals surface area contributed by atoms with Crippen molar-refractivity contribution < 1.29 is 14.3 Å². The molecule has 3 rings (SSSR count). The zero-order valence-electron chi connectivity index (χ0n) is 17.6. The van der Waals surface area contributed by atoms with E-state index in [1.54, 1.807) is 0 Å². The van der Waals surface area contributed by atoms with Gasteiger partial charge in [-0.2, -0.15) is 0 Å². The summed E-state index contributed by atoms with van der Waals surface area (Å²) in [6.45, 7) is 9.17. The highest BCUT2D eigenvalue weighted by Gasteiger charge is 2.51. The summed E-state index contributed by atoms with van der Waals surface area (Å²) in [7, 11) is 2.05. The Morgan fingerprint density at radius 3 is 2.54 bits per heavy atom. The van der Waals surface area contributed by atoms with E-state index in [1.807, 2.05) is 54.5 Å². The van der Waals surface area contributed by atoms with Gasteiger partial charge in [-0.3, -0.25) is 4.90 Å². The molecule has 2 atom stereocenters. The summed E-state index contributed by atoms with van der Waals surface area (Å²) in [5.74, 6) is 0. The quantitative estimate of drug-likeness (QED) is 0.747. The maximum absolute atomic E-state index is 13.1. The van der Waals surface area contributed by atoms with Crippen LogP contribution in [0.1, 0.15) is 45.4 Å². The number of nitrogens with zero attached hydrogens (tertiary/aromatic N) is 2. The summed E-state index contributed by atoms with van der Waals surface area (Å²) in [6.07, 6.45) is 3.12. The molecule has 0 radical (unpaired) electrons. The molecule has 2 aromatic rings. The van der Waals surface area contributed by atoms with Crippen molar-refractivity contribution >= 4 is 6.09 Å². The van der Waals surface area contributed by atoms with Crippen molar-refractivity contribution in [2.45, 2.75) is 58.9 Å². The Balaban J connectivity index is 1.76. The predicted molar refractivity (Wildman–Crippen MR) is 110 cm³/mol. The van der Waals surface area contributed by atoms with E-state index in [-0.39, 0.29) is 24.3 Å². The lowest BCUT2D eigenvalue weighted by molar-refractivity contribution is -0.0505. The fraction of sp³-hybridized carbons (Fsp3) is 0.522. The first-order valence-corrected chi connectivity index (χ1v) is 9.92. The largest absolute Gasteiger partial charge is 0.444 e. The summed E-state index contributed by atoms with van der Waals surface area (Å²) in [5.41, 5.74) is 1.62. The number of aryl methyl sites for hydroxylation is 2. The van der Waals surface area contributed by atoms with E-state index in [1.165, 1.54) is 5.69 Å². The van der Waals surface area contributed by atoms with Crippen LogP contribution in [0.25, 0.3) is 0 Å². The Kier molecular flexibility index (Phi) is 5.84. The van der Waals surface area contributed by atoms with Crippen LogP contribution in [0, 0.1) is 5.41 Å². The first-order valence-electron chi connectivity index (χ1n) is 9.92. The maximum atomic E-state index is 13.1. The zero-order valence-corrected chi connectivity index (χ0v) is 17.6. The van der Waals surface area contributed by atoms with Crippen LogP contribution in [-0.2, 0) is 29.5 Å². The molecule has 5 heteroatoms. The van der Waals surface area contributed by atoms with E-state index in [0.717, 1.165) is 18.4 Å². The first-order chi connectivity index (χ1) is 13.2. The number of carbonyl (C=O) groups excluding carboxylic acids is 1. The van der Waals surface area contributed by atoms with Crippen molar-refractivity contribution in [3.63, 3.8) is 0 Å².